The maximum Gasteiger partial charge on any atom is 0.279 e. The summed E-state index contributed by atoms with van der Waals surface area (Å²) in [5.41, 5.74) is 1.77. The molecule has 3 rings (SSSR count). The Morgan fingerprint density at radius 1 is 1.39 bits per heavy atom. The Morgan fingerprint density at radius 3 is 3.00 bits per heavy atom. The minimum atomic E-state index is -3.45. The fourth-order valence-electron chi connectivity index (χ4n) is 3.18. The minimum absolute atomic E-state index is 0.0448. The molecule has 2 N–H and O–H groups in total. The van der Waals surface area contributed by atoms with Crippen LogP contribution in [-0.2, 0) is 16.6 Å². The minimum Gasteiger partial charge on any atom is -0.361 e. The highest BCUT2D eigenvalue weighted by Crippen LogP contribution is 2.21. The number of rotatable bonds is 5. The molecule has 1 aromatic heterocycles. The van der Waals surface area contributed by atoms with Gasteiger partial charge >= 0.3 is 0 Å². The number of H-pyrrole nitrogens is 1. The van der Waals surface area contributed by atoms with Crippen LogP contribution in [0.3, 0.4) is 0 Å². The SMILES string of the molecule is C[C@@H]1CCCCN1S(=O)(=O)NCCc1c[nH]c2ccc(F)cc12. The first kappa shape index (κ1) is 16.4. The fraction of sp³-hybridized carbons (Fsp3) is 0.500. The zero-order valence-electron chi connectivity index (χ0n) is 13.2. The molecule has 0 spiro atoms. The Morgan fingerprint density at radius 2 is 2.22 bits per heavy atom. The third-order valence-corrected chi connectivity index (χ3v) is 6.19. The summed E-state index contributed by atoms with van der Waals surface area (Å²) in [5, 5.41) is 0.801. The number of piperidine rings is 1. The fourth-order valence-corrected chi connectivity index (χ4v) is 4.66. The molecule has 2 aromatic rings. The van der Waals surface area contributed by atoms with Crippen molar-refractivity contribution in [2.75, 3.05) is 13.1 Å². The average molecular weight is 339 g/mol. The Hall–Kier alpha value is -1.44. The summed E-state index contributed by atoms with van der Waals surface area (Å²) in [7, 11) is -3.45. The second-order valence-corrected chi connectivity index (χ2v) is 7.82. The maximum absolute atomic E-state index is 13.4. The molecule has 1 atom stereocenters. The van der Waals surface area contributed by atoms with Crippen LogP contribution in [0.15, 0.2) is 24.4 Å². The molecular formula is C16H22FN3O2S. The Bertz CT molecular complexity index is 788. The molecule has 5 nitrogen and oxygen atoms in total. The van der Waals surface area contributed by atoms with E-state index in [1.165, 1.54) is 12.1 Å². The number of aromatic nitrogens is 1. The van der Waals surface area contributed by atoms with Gasteiger partial charge < -0.3 is 4.98 Å². The zero-order valence-corrected chi connectivity index (χ0v) is 14.0. The quantitative estimate of drug-likeness (QED) is 0.879. The molecule has 126 valence electrons. The van der Waals surface area contributed by atoms with E-state index in [0.29, 0.717) is 19.5 Å². The molecule has 1 saturated heterocycles. The van der Waals surface area contributed by atoms with Crippen LogP contribution in [0, 0.1) is 5.82 Å². The van der Waals surface area contributed by atoms with Crippen LogP contribution >= 0.6 is 0 Å². The van der Waals surface area contributed by atoms with Gasteiger partial charge in [-0.2, -0.15) is 12.7 Å². The Balaban J connectivity index is 1.65. The van der Waals surface area contributed by atoms with Crippen molar-refractivity contribution in [2.24, 2.45) is 0 Å². The highest BCUT2D eigenvalue weighted by molar-refractivity contribution is 7.87. The number of nitrogens with one attached hydrogen (secondary N) is 2. The summed E-state index contributed by atoms with van der Waals surface area (Å²) in [4.78, 5) is 3.08. The average Bonchev–Trinajstić information content (AvgIpc) is 2.90. The van der Waals surface area contributed by atoms with Crippen molar-refractivity contribution in [3.8, 4) is 0 Å². The molecule has 1 aromatic carbocycles. The monoisotopic (exact) mass is 339 g/mol. The van der Waals surface area contributed by atoms with Gasteiger partial charge in [-0.05, 0) is 49.9 Å². The van der Waals surface area contributed by atoms with E-state index in [1.807, 2.05) is 13.1 Å². The van der Waals surface area contributed by atoms with E-state index in [0.717, 1.165) is 35.7 Å². The summed E-state index contributed by atoms with van der Waals surface area (Å²) < 4.78 is 42.4. The number of benzene rings is 1. The highest BCUT2D eigenvalue weighted by atomic mass is 32.2. The predicted octanol–water partition coefficient (Wildman–Crippen LogP) is 2.56. The van der Waals surface area contributed by atoms with Crippen molar-refractivity contribution < 1.29 is 12.8 Å². The van der Waals surface area contributed by atoms with Gasteiger partial charge in [0.05, 0.1) is 0 Å². The van der Waals surface area contributed by atoms with E-state index in [9.17, 15) is 12.8 Å². The van der Waals surface area contributed by atoms with Crippen molar-refractivity contribution >= 4 is 21.1 Å². The lowest BCUT2D eigenvalue weighted by Crippen LogP contribution is -2.48. The molecular weight excluding hydrogens is 317 g/mol. The molecule has 23 heavy (non-hydrogen) atoms. The molecule has 0 amide bonds. The molecule has 0 bridgehead atoms. The van der Waals surface area contributed by atoms with Crippen molar-refractivity contribution in [3.63, 3.8) is 0 Å². The molecule has 7 heteroatoms. The number of aromatic amines is 1. The van der Waals surface area contributed by atoms with Crippen molar-refractivity contribution in [1.29, 1.82) is 0 Å². The standard InChI is InChI=1S/C16H22FN3O2S/c1-12-4-2-3-9-20(12)23(21,22)19-8-7-13-11-18-16-6-5-14(17)10-15(13)16/h5-6,10-12,18-19H,2-4,7-9H2,1H3/t12-/m1/s1. The largest absolute Gasteiger partial charge is 0.361 e. The van der Waals surface area contributed by atoms with E-state index in [4.69, 9.17) is 0 Å². The molecule has 0 unspecified atom stereocenters. The van der Waals surface area contributed by atoms with Gasteiger partial charge in [-0.25, -0.2) is 9.11 Å². The van der Waals surface area contributed by atoms with Crippen molar-refractivity contribution in [2.45, 2.75) is 38.6 Å². The Kier molecular flexibility index (Phi) is 4.70. The molecule has 0 aliphatic carbocycles. The molecule has 2 heterocycles. The van der Waals surface area contributed by atoms with E-state index in [2.05, 4.69) is 9.71 Å². The predicted molar refractivity (Wildman–Crippen MR) is 88.9 cm³/mol. The third-order valence-electron chi connectivity index (χ3n) is 4.46. The third kappa shape index (κ3) is 3.57. The summed E-state index contributed by atoms with van der Waals surface area (Å²) in [6.45, 7) is 2.82. The summed E-state index contributed by atoms with van der Waals surface area (Å²) in [5.74, 6) is -0.291. The number of fused-ring (bicyclic) bond motifs is 1. The second kappa shape index (κ2) is 6.59. The van der Waals surface area contributed by atoms with Gasteiger partial charge in [0.15, 0.2) is 0 Å². The van der Waals surface area contributed by atoms with Gasteiger partial charge in [-0.15, -0.1) is 0 Å². The van der Waals surface area contributed by atoms with Crippen LogP contribution in [0.2, 0.25) is 0 Å². The van der Waals surface area contributed by atoms with Gasteiger partial charge in [0.25, 0.3) is 10.2 Å². The van der Waals surface area contributed by atoms with Crippen LogP contribution in [0.1, 0.15) is 31.7 Å². The van der Waals surface area contributed by atoms with E-state index >= 15 is 0 Å². The number of nitrogens with zero attached hydrogens (tertiary/aromatic N) is 1. The topological polar surface area (TPSA) is 65.2 Å². The lowest BCUT2D eigenvalue weighted by atomic mass is 10.1. The smallest absolute Gasteiger partial charge is 0.279 e. The van der Waals surface area contributed by atoms with Crippen LogP contribution in [0.5, 0.6) is 0 Å². The van der Waals surface area contributed by atoms with E-state index in [1.54, 1.807) is 10.4 Å². The summed E-state index contributed by atoms with van der Waals surface area (Å²) >= 11 is 0. The summed E-state index contributed by atoms with van der Waals surface area (Å²) in [6, 6.07) is 4.61. The van der Waals surface area contributed by atoms with Gasteiger partial charge in [0.2, 0.25) is 0 Å². The van der Waals surface area contributed by atoms with Crippen LogP contribution in [0.25, 0.3) is 10.9 Å². The van der Waals surface area contributed by atoms with E-state index in [-0.39, 0.29) is 11.9 Å². The molecule has 0 radical (unpaired) electrons. The van der Waals surface area contributed by atoms with Crippen LogP contribution < -0.4 is 4.72 Å². The van der Waals surface area contributed by atoms with Gasteiger partial charge in [0, 0.05) is 36.2 Å². The number of halogens is 1. The second-order valence-electron chi connectivity index (χ2n) is 6.11. The first-order chi connectivity index (χ1) is 11.0. The Labute approximate surface area is 136 Å². The highest BCUT2D eigenvalue weighted by Gasteiger charge is 2.28. The first-order valence-electron chi connectivity index (χ1n) is 7.99. The van der Waals surface area contributed by atoms with Crippen LogP contribution in [0.4, 0.5) is 4.39 Å². The number of hydrogen-bond donors (Lipinski definition) is 2. The molecule has 1 aliphatic rings. The van der Waals surface area contributed by atoms with Crippen LogP contribution in [-0.4, -0.2) is 36.8 Å². The molecule has 1 fully saturated rings. The molecule has 0 saturated carbocycles. The van der Waals surface area contributed by atoms with Gasteiger partial charge in [-0.3, -0.25) is 0 Å². The summed E-state index contributed by atoms with van der Waals surface area (Å²) in [6.07, 6.45) is 5.22. The lowest BCUT2D eigenvalue weighted by molar-refractivity contribution is 0.265. The maximum atomic E-state index is 13.4. The van der Waals surface area contributed by atoms with Gasteiger partial charge in [0.1, 0.15) is 5.82 Å². The molecule has 1 aliphatic heterocycles. The lowest BCUT2D eigenvalue weighted by Gasteiger charge is -2.32. The zero-order chi connectivity index (χ0) is 16.4. The van der Waals surface area contributed by atoms with Crippen molar-refractivity contribution in [1.82, 2.24) is 14.0 Å². The number of hydrogen-bond acceptors (Lipinski definition) is 2. The van der Waals surface area contributed by atoms with Crippen molar-refractivity contribution in [3.05, 3.63) is 35.8 Å². The van der Waals surface area contributed by atoms with E-state index < -0.39 is 10.2 Å². The normalized spacial score (nSPS) is 20.2. The first-order valence-corrected chi connectivity index (χ1v) is 9.43. The van der Waals surface area contributed by atoms with Gasteiger partial charge in [-0.1, -0.05) is 6.42 Å².